The van der Waals surface area contributed by atoms with E-state index >= 15 is 0 Å². The van der Waals surface area contributed by atoms with Crippen LogP contribution in [0.1, 0.15) is 5.56 Å². The molecular formula is C19H15Br2NO2STe. The SMILES string of the molecule is O=S(=O)(Cc1ccccc1)N=[Te](c1ccc(Br)cc1)c1ccc(Br)cc1. The van der Waals surface area contributed by atoms with Crippen LogP contribution in [0.5, 0.6) is 0 Å². The number of halogens is 2. The predicted molar refractivity (Wildman–Crippen MR) is 115 cm³/mol. The van der Waals surface area contributed by atoms with E-state index in [-0.39, 0.29) is 5.75 Å². The van der Waals surface area contributed by atoms with Crippen molar-refractivity contribution in [3.05, 3.63) is 93.4 Å². The van der Waals surface area contributed by atoms with Crippen LogP contribution in [0.2, 0.25) is 0 Å². The van der Waals surface area contributed by atoms with Crippen LogP contribution in [0.4, 0.5) is 0 Å². The van der Waals surface area contributed by atoms with Gasteiger partial charge in [0.05, 0.1) is 0 Å². The number of rotatable bonds is 5. The minimum atomic E-state index is -3.57. The van der Waals surface area contributed by atoms with E-state index < -0.39 is 29.4 Å². The minimum absolute atomic E-state index is 0.0712. The molecule has 3 aromatic carbocycles. The van der Waals surface area contributed by atoms with Crippen molar-refractivity contribution in [2.75, 3.05) is 0 Å². The van der Waals surface area contributed by atoms with Crippen LogP contribution in [0.25, 0.3) is 0 Å². The van der Waals surface area contributed by atoms with E-state index in [1.165, 1.54) is 0 Å². The average Bonchev–Trinajstić information content (AvgIpc) is 2.62. The number of hydrogen-bond acceptors (Lipinski definition) is 2. The fourth-order valence-corrected chi connectivity index (χ4v) is 10.8. The van der Waals surface area contributed by atoms with E-state index in [2.05, 4.69) is 34.4 Å². The molecule has 134 valence electrons. The Balaban J connectivity index is 2.05. The quantitative estimate of drug-likeness (QED) is 0.410. The molecule has 0 spiro atoms. The summed E-state index contributed by atoms with van der Waals surface area (Å²) in [5.41, 5.74) is 0.751. The Hall–Kier alpha value is -0.840. The number of benzene rings is 3. The van der Waals surface area contributed by atoms with Crippen molar-refractivity contribution in [3.8, 4) is 0 Å². The van der Waals surface area contributed by atoms with Crippen LogP contribution in [0.3, 0.4) is 0 Å². The first-order valence-electron chi connectivity index (χ1n) is 7.68. The molecule has 0 aliphatic carbocycles. The second-order valence-electron chi connectivity index (χ2n) is 5.48. The molecule has 0 aromatic heterocycles. The van der Waals surface area contributed by atoms with E-state index in [1.54, 1.807) is 0 Å². The van der Waals surface area contributed by atoms with Gasteiger partial charge in [-0.15, -0.1) is 0 Å². The van der Waals surface area contributed by atoms with Crippen LogP contribution >= 0.6 is 31.9 Å². The Morgan fingerprint density at radius 1 is 0.731 bits per heavy atom. The van der Waals surface area contributed by atoms with E-state index in [0.717, 1.165) is 21.7 Å². The third-order valence-electron chi connectivity index (χ3n) is 3.45. The summed E-state index contributed by atoms with van der Waals surface area (Å²) in [5, 5.41) is 0. The summed E-state index contributed by atoms with van der Waals surface area (Å²) in [6.45, 7) is 0. The monoisotopic (exact) mass is 609 g/mol. The van der Waals surface area contributed by atoms with Gasteiger partial charge in [-0.25, -0.2) is 0 Å². The summed E-state index contributed by atoms with van der Waals surface area (Å²) in [4.78, 5) is 0. The molecule has 7 heteroatoms. The van der Waals surface area contributed by atoms with Crippen LogP contribution in [0, 0.1) is 0 Å². The molecule has 0 N–H and O–H groups in total. The number of sulfonamides is 1. The van der Waals surface area contributed by atoms with Gasteiger partial charge in [-0.05, 0) is 0 Å². The van der Waals surface area contributed by atoms with Gasteiger partial charge in [0, 0.05) is 0 Å². The predicted octanol–water partition coefficient (Wildman–Crippen LogP) is 4.12. The Bertz CT molecular complexity index is 972. The molecule has 0 aliphatic rings. The first kappa shape index (κ1) is 19.9. The summed E-state index contributed by atoms with van der Waals surface area (Å²) in [6, 6.07) is 24.8. The van der Waals surface area contributed by atoms with Gasteiger partial charge in [0.15, 0.2) is 0 Å². The third-order valence-corrected chi connectivity index (χ3v) is 12.9. The van der Waals surface area contributed by atoms with Crippen molar-refractivity contribution in [3.63, 3.8) is 0 Å². The normalized spacial score (nSPS) is 11.5. The van der Waals surface area contributed by atoms with Crippen molar-refractivity contribution in [1.29, 1.82) is 0 Å². The molecule has 0 fully saturated rings. The summed E-state index contributed by atoms with van der Waals surface area (Å²) in [6.07, 6.45) is 0. The molecule has 26 heavy (non-hydrogen) atoms. The van der Waals surface area contributed by atoms with Gasteiger partial charge < -0.3 is 0 Å². The van der Waals surface area contributed by atoms with E-state index in [0.29, 0.717) is 0 Å². The molecule has 0 atom stereocenters. The van der Waals surface area contributed by atoms with Crippen molar-refractivity contribution in [2.45, 2.75) is 5.75 Å². The summed E-state index contributed by atoms with van der Waals surface area (Å²) in [7, 11) is -3.57. The van der Waals surface area contributed by atoms with E-state index in [4.69, 9.17) is 0 Å². The van der Waals surface area contributed by atoms with Crippen LogP contribution < -0.4 is 7.22 Å². The molecule has 0 radical (unpaired) electrons. The van der Waals surface area contributed by atoms with Gasteiger partial charge in [-0.2, -0.15) is 0 Å². The third kappa shape index (κ3) is 5.58. The molecule has 0 aliphatic heterocycles. The van der Waals surface area contributed by atoms with Gasteiger partial charge in [0.1, 0.15) is 0 Å². The van der Waals surface area contributed by atoms with E-state index in [9.17, 15) is 8.42 Å². The molecule has 0 saturated carbocycles. The first-order chi connectivity index (χ1) is 12.4. The van der Waals surface area contributed by atoms with Crippen molar-refractivity contribution in [1.82, 2.24) is 0 Å². The Morgan fingerprint density at radius 3 is 1.65 bits per heavy atom. The second kappa shape index (κ2) is 8.90. The van der Waals surface area contributed by atoms with Crippen LogP contribution in [-0.2, 0) is 15.8 Å². The maximum atomic E-state index is 12.7. The summed E-state index contributed by atoms with van der Waals surface area (Å²) < 4.78 is 33.8. The molecule has 3 rings (SSSR count). The van der Waals surface area contributed by atoms with Gasteiger partial charge in [-0.1, -0.05) is 0 Å². The zero-order valence-corrected chi connectivity index (χ0v) is 19.9. The molecule has 0 heterocycles. The summed E-state index contributed by atoms with van der Waals surface area (Å²) >= 11 is 4.22. The maximum absolute atomic E-state index is 12.7. The van der Waals surface area contributed by atoms with Crippen LogP contribution in [0.15, 0.2) is 90.4 Å². The van der Waals surface area contributed by atoms with Crippen molar-refractivity contribution < 1.29 is 8.42 Å². The fourth-order valence-electron chi connectivity index (χ4n) is 2.27. The molecule has 0 bridgehead atoms. The molecule has 0 saturated heterocycles. The molecular weight excluding hydrogens is 594 g/mol. The Morgan fingerprint density at radius 2 is 1.19 bits per heavy atom. The molecule has 3 nitrogen and oxygen atoms in total. The van der Waals surface area contributed by atoms with Crippen molar-refractivity contribution >= 4 is 68.5 Å². The van der Waals surface area contributed by atoms with Gasteiger partial charge in [-0.3, -0.25) is 0 Å². The number of nitrogens with zero attached hydrogens (tertiary/aromatic N) is 1. The van der Waals surface area contributed by atoms with Crippen molar-refractivity contribution in [2.24, 2.45) is 2.59 Å². The zero-order chi connectivity index (χ0) is 18.6. The van der Waals surface area contributed by atoms with Crippen LogP contribution in [-0.4, -0.2) is 27.8 Å². The first-order valence-corrected chi connectivity index (χ1v) is 14.2. The second-order valence-corrected chi connectivity index (χ2v) is 14.5. The molecule has 0 amide bonds. The van der Waals surface area contributed by atoms with Gasteiger partial charge in [0.25, 0.3) is 0 Å². The molecule has 0 unspecified atom stereocenters. The summed E-state index contributed by atoms with van der Waals surface area (Å²) in [5.74, 6) is -0.0712. The van der Waals surface area contributed by atoms with Gasteiger partial charge in [0.2, 0.25) is 0 Å². The standard InChI is InChI=1S/C19H15Br2NO2STe/c20-16-6-10-18(11-7-16)26(19-12-8-17(21)9-13-19)22-25(23,24)14-15-4-2-1-3-5-15/h1-13H,14H2. The fraction of sp³-hybridized carbons (Fsp3) is 0.0526. The van der Waals surface area contributed by atoms with Gasteiger partial charge >= 0.3 is 179 Å². The zero-order valence-electron chi connectivity index (χ0n) is 13.5. The number of hydrogen-bond donors (Lipinski definition) is 0. The Kier molecular flexibility index (Phi) is 6.81. The topological polar surface area (TPSA) is 46.5 Å². The van der Waals surface area contributed by atoms with E-state index in [1.807, 2.05) is 78.9 Å². The molecule has 3 aromatic rings. The Labute approximate surface area is 177 Å². The average molecular weight is 609 g/mol.